The second-order valence-corrected chi connectivity index (χ2v) is 7.43. The lowest BCUT2D eigenvalue weighted by molar-refractivity contribution is 0.171. The molecule has 31 heavy (non-hydrogen) atoms. The summed E-state index contributed by atoms with van der Waals surface area (Å²) in [6.45, 7) is 4.45. The fourth-order valence-electron chi connectivity index (χ4n) is 3.94. The molecule has 0 radical (unpaired) electrons. The van der Waals surface area contributed by atoms with E-state index in [0.717, 1.165) is 43.3 Å². The molecule has 0 N–H and O–H groups in total. The van der Waals surface area contributed by atoms with Crippen molar-refractivity contribution in [2.75, 3.05) is 51.9 Å². The number of ether oxygens (including phenoxy) is 2. The summed E-state index contributed by atoms with van der Waals surface area (Å²) in [4.78, 5) is 4.70. The first-order valence-electron chi connectivity index (χ1n) is 10.3. The van der Waals surface area contributed by atoms with E-state index in [0.29, 0.717) is 13.2 Å². The van der Waals surface area contributed by atoms with Crippen LogP contribution in [0.3, 0.4) is 0 Å². The minimum Gasteiger partial charge on any atom is -0.497 e. The molecule has 4 rings (SSSR count). The predicted octanol–water partition coefficient (Wildman–Crippen LogP) is 2.38. The summed E-state index contributed by atoms with van der Waals surface area (Å²) in [6, 6.07) is 14.5. The van der Waals surface area contributed by atoms with Crippen LogP contribution in [-0.4, -0.2) is 72.1 Å². The highest BCUT2D eigenvalue weighted by Crippen LogP contribution is 2.29. The van der Waals surface area contributed by atoms with Gasteiger partial charge in [0.1, 0.15) is 11.6 Å². The molecular formula is C22H27FN6O2. The maximum Gasteiger partial charge on any atom is 0.173 e. The number of anilines is 1. The third-order valence-electron chi connectivity index (χ3n) is 5.61. The van der Waals surface area contributed by atoms with Crippen molar-refractivity contribution in [1.29, 1.82) is 0 Å². The Morgan fingerprint density at radius 3 is 2.32 bits per heavy atom. The summed E-state index contributed by atoms with van der Waals surface area (Å²) in [5, 5.41) is 12.4. The summed E-state index contributed by atoms with van der Waals surface area (Å²) in [7, 11) is 3.32. The number of hydrogen-bond acceptors (Lipinski definition) is 7. The largest absolute Gasteiger partial charge is 0.497 e. The van der Waals surface area contributed by atoms with Crippen LogP contribution in [0, 0.1) is 5.82 Å². The molecule has 1 aromatic heterocycles. The van der Waals surface area contributed by atoms with E-state index >= 15 is 0 Å². The number of methoxy groups -OCH3 is 2. The molecule has 2 heterocycles. The maximum absolute atomic E-state index is 13.6. The van der Waals surface area contributed by atoms with E-state index in [9.17, 15) is 4.39 Å². The van der Waals surface area contributed by atoms with Crippen LogP contribution in [-0.2, 0) is 11.3 Å². The molecule has 2 aromatic carbocycles. The number of nitrogens with zero attached hydrogens (tertiary/aromatic N) is 6. The number of aromatic nitrogens is 4. The van der Waals surface area contributed by atoms with Crippen molar-refractivity contribution >= 4 is 5.69 Å². The van der Waals surface area contributed by atoms with Gasteiger partial charge in [-0.1, -0.05) is 12.1 Å². The summed E-state index contributed by atoms with van der Waals surface area (Å²) in [5.41, 5.74) is 2.14. The third kappa shape index (κ3) is 4.83. The molecule has 0 aliphatic carbocycles. The highest BCUT2D eigenvalue weighted by Gasteiger charge is 2.30. The molecule has 0 spiro atoms. The standard InChI is InChI=1S/C22H27FN6O2/c1-30-16-15-29-22(24-25-26-29)21(17-3-5-18(23)6-4-17)28-13-11-27(12-14-28)19-7-9-20(31-2)10-8-19/h3-10,21H,11-16H2,1-2H3. The highest BCUT2D eigenvalue weighted by molar-refractivity contribution is 5.49. The molecule has 0 saturated carbocycles. The van der Waals surface area contributed by atoms with Gasteiger partial charge in [0.05, 0.1) is 26.3 Å². The lowest BCUT2D eigenvalue weighted by atomic mass is 10.0. The minimum absolute atomic E-state index is 0.162. The molecule has 1 aliphatic rings. The van der Waals surface area contributed by atoms with Crippen LogP contribution in [0.5, 0.6) is 5.75 Å². The number of halogens is 1. The molecule has 1 fully saturated rings. The van der Waals surface area contributed by atoms with Gasteiger partial charge < -0.3 is 14.4 Å². The van der Waals surface area contributed by atoms with Crippen LogP contribution in [0.4, 0.5) is 10.1 Å². The number of hydrogen-bond donors (Lipinski definition) is 0. The van der Waals surface area contributed by atoms with Gasteiger partial charge in [0.2, 0.25) is 0 Å². The van der Waals surface area contributed by atoms with Crippen molar-refractivity contribution in [2.45, 2.75) is 12.6 Å². The monoisotopic (exact) mass is 426 g/mol. The first-order valence-corrected chi connectivity index (χ1v) is 10.3. The van der Waals surface area contributed by atoms with Crippen LogP contribution in [0.1, 0.15) is 17.4 Å². The topological polar surface area (TPSA) is 68.5 Å². The number of piperazine rings is 1. The smallest absolute Gasteiger partial charge is 0.173 e. The van der Waals surface area contributed by atoms with E-state index in [1.807, 2.05) is 24.3 Å². The van der Waals surface area contributed by atoms with Gasteiger partial charge in [-0.05, 0) is 52.4 Å². The summed E-state index contributed by atoms with van der Waals surface area (Å²) in [5.74, 6) is 1.33. The lowest BCUT2D eigenvalue weighted by Crippen LogP contribution is -2.48. The fourth-order valence-corrected chi connectivity index (χ4v) is 3.94. The van der Waals surface area contributed by atoms with Crippen molar-refractivity contribution < 1.29 is 13.9 Å². The van der Waals surface area contributed by atoms with Crippen LogP contribution < -0.4 is 9.64 Å². The Morgan fingerprint density at radius 1 is 0.968 bits per heavy atom. The maximum atomic E-state index is 13.6. The van der Waals surface area contributed by atoms with E-state index in [4.69, 9.17) is 9.47 Å². The van der Waals surface area contributed by atoms with Crippen LogP contribution in [0.2, 0.25) is 0 Å². The number of benzene rings is 2. The van der Waals surface area contributed by atoms with Crippen LogP contribution in [0.15, 0.2) is 48.5 Å². The summed E-state index contributed by atoms with van der Waals surface area (Å²) in [6.07, 6.45) is 0. The molecule has 0 bridgehead atoms. The van der Waals surface area contributed by atoms with Gasteiger partial charge in [0.15, 0.2) is 5.82 Å². The normalized spacial score (nSPS) is 15.8. The van der Waals surface area contributed by atoms with E-state index in [1.54, 1.807) is 18.9 Å². The van der Waals surface area contributed by atoms with E-state index in [2.05, 4.69) is 37.5 Å². The van der Waals surface area contributed by atoms with Gasteiger partial charge in [-0.25, -0.2) is 9.07 Å². The van der Waals surface area contributed by atoms with Gasteiger partial charge in [-0.15, -0.1) is 5.10 Å². The van der Waals surface area contributed by atoms with Gasteiger partial charge in [-0.2, -0.15) is 0 Å². The molecule has 9 heteroatoms. The van der Waals surface area contributed by atoms with E-state index < -0.39 is 0 Å². The Morgan fingerprint density at radius 2 is 1.68 bits per heavy atom. The van der Waals surface area contributed by atoms with Crippen LogP contribution >= 0.6 is 0 Å². The molecule has 3 aromatic rings. The zero-order valence-electron chi connectivity index (χ0n) is 17.8. The Hall–Kier alpha value is -3.04. The highest BCUT2D eigenvalue weighted by atomic mass is 19.1. The molecule has 164 valence electrons. The molecule has 1 saturated heterocycles. The molecule has 0 amide bonds. The summed E-state index contributed by atoms with van der Waals surface area (Å²) >= 11 is 0. The van der Waals surface area contributed by atoms with Gasteiger partial charge in [0.25, 0.3) is 0 Å². The van der Waals surface area contributed by atoms with E-state index in [1.165, 1.54) is 17.8 Å². The quantitative estimate of drug-likeness (QED) is 0.548. The average molecular weight is 426 g/mol. The van der Waals surface area contributed by atoms with Gasteiger partial charge >= 0.3 is 0 Å². The molecular weight excluding hydrogens is 399 g/mol. The van der Waals surface area contributed by atoms with Gasteiger partial charge in [0, 0.05) is 39.0 Å². The Balaban J connectivity index is 1.55. The molecule has 1 unspecified atom stereocenters. The SMILES string of the molecule is COCCn1nnnc1C(c1ccc(F)cc1)N1CCN(c2ccc(OC)cc2)CC1. The second kappa shape index (κ2) is 9.84. The zero-order chi connectivity index (χ0) is 21.6. The third-order valence-corrected chi connectivity index (χ3v) is 5.61. The predicted molar refractivity (Wildman–Crippen MR) is 115 cm³/mol. The van der Waals surface area contributed by atoms with Crippen LogP contribution in [0.25, 0.3) is 0 Å². The molecule has 1 atom stereocenters. The zero-order valence-corrected chi connectivity index (χ0v) is 17.8. The lowest BCUT2D eigenvalue weighted by Gasteiger charge is -2.40. The van der Waals surface area contributed by atoms with Gasteiger partial charge in [-0.3, -0.25) is 4.90 Å². The second-order valence-electron chi connectivity index (χ2n) is 7.43. The fraction of sp³-hybridized carbons (Fsp3) is 0.409. The molecule has 8 nitrogen and oxygen atoms in total. The van der Waals surface area contributed by atoms with Crippen molar-refractivity contribution in [3.63, 3.8) is 0 Å². The van der Waals surface area contributed by atoms with Crippen molar-refractivity contribution in [2.24, 2.45) is 0 Å². The number of rotatable bonds is 8. The molecule has 1 aliphatic heterocycles. The number of tetrazole rings is 1. The average Bonchev–Trinajstić information content (AvgIpc) is 3.27. The Labute approximate surface area is 181 Å². The Kier molecular flexibility index (Phi) is 6.73. The minimum atomic E-state index is -0.259. The van der Waals surface area contributed by atoms with Crippen molar-refractivity contribution in [1.82, 2.24) is 25.1 Å². The summed E-state index contributed by atoms with van der Waals surface area (Å²) < 4.78 is 25.8. The Bertz CT molecular complexity index is 955. The van der Waals surface area contributed by atoms with E-state index in [-0.39, 0.29) is 11.9 Å². The first-order chi connectivity index (χ1) is 15.2. The van der Waals surface area contributed by atoms with Crippen molar-refractivity contribution in [3.8, 4) is 5.75 Å². The van der Waals surface area contributed by atoms with Crippen molar-refractivity contribution in [3.05, 3.63) is 65.7 Å². The first kappa shape index (κ1) is 21.2.